The molecule has 10 nitrogen and oxygen atoms in total. The zero-order valence-electron chi connectivity index (χ0n) is 25.3. The van der Waals surface area contributed by atoms with Gasteiger partial charge in [-0.05, 0) is 69.7 Å². The van der Waals surface area contributed by atoms with Gasteiger partial charge in [-0.3, -0.25) is 19.5 Å². The number of non-ortho nitro benzene ring substituents is 1. The maximum Gasteiger partial charge on any atom is 0.338 e. The van der Waals surface area contributed by atoms with Gasteiger partial charge >= 0.3 is 5.97 Å². The van der Waals surface area contributed by atoms with Gasteiger partial charge in [0.05, 0.1) is 38.5 Å². The van der Waals surface area contributed by atoms with Gasteiger partial charge in [0.25, 0.3) is 11.2 Å². The van der Waals surface area contributed by atoms with Gasteiger partial charge in [-0.2, -0.15) is 0 Å². The highest BCUT2D eigenvalue weighted by atomic mass is 35.5. The Morgan fingerprint density at radius 2 is 1.87 bits per heavy atom. The summed E-state index contributed by atoms with van der Waals surface area (Å²) in [5.41, 5.74) is 1.94. The number of carbonyl (C=O) groups is 1. The summed E-state index contributed by atoms with van der Waals surface area (Å²) in [5, 5.41) is 11.6. The van der Waals surface area contributed by atoms with Crippen LogP contribution in [0.1, 0.15) is 50.4 Å². The van der Waals surface area contributed by atoms with Gasteiger partial charge in [0, 0.05) is 28.3 Å². The average Bonchev–Trinajstić information content (AvgIpc) is 3.30. The second-order valence-corrected chi connectivity index (χ2v) is 12.4. The van der Waals surface area contributed by atoms with E-state index >= 15 is 0 Å². The van der Waals surface area contributed by atoms with Crippen molar-refractivity contribution in [2.45, 2.75) is 46.4 Å². The fraction of sp³-hybridized carbons (Fsp3) is 0.242. The second-order valence-electron chi connectivity index (χ2n) is 10.5. The molecule has 1 aromatic heterocycles. The average molecular weight is 683 g/mol. The van der Waals surface area contributed by atoms with Crippen LogP contribution in [0.5, 0.6) is 11.5 Å². The number of allylic oxidation sites excluding steroid dienone is 1. The van der Waals surface area contributed by atoms with E-state index in [-0.39, 0.29) is 41.4 Å². The molecular weight excluding hydrogens is 653 g/mol. The summed E-state index contributed by atoms with van der Waals surface area (Å²) < 4.78 is 19.3. The highest BCUT2D eigenvalue weighted by molar-refractivity contribution is 7.07. The van der Waals surface area contributed by atoms with Crippen molar-refractivity contribution < 1.29 is 23.9 Å². The minimum absolute atomic E-state index is 0.0395. The van der Waals surface area contributed by atoms with E-state index in [4.69, 9.17) is 37.4 Å². The number of esters is 1. The van der Waals surface area contributed by atoms with Gasteiger partial charge in [-0.15, -0.1) is 0 Å². The van der Waals surface area contributed by atoms with Crippen LogP contribution >= 0.6 is 34.5 Å². The maximum absolute atomic E-state index is 14.2. The topological polar surface area (TPSA) is 122 Å². The first-order valence-electron chi connectivity index (χ1n) is 14.3. The Kier molecular flexibility index (Phi) is 9.95. The summed E-state index contributed by atoms with van der Waals surface area (Å²) in [4.78, 5) is 43.1. The molecule has 0 amide bonds. The van der Waals surface area contributed by atoms with Crippen molar-refractivity contribution in [1.82, 2.24) is 4.57 Å². The molecule has 5 rings (SSSR count). The Morgan fingerprint density at radius 3 is 2.54 bits per heavy atom. The lowest BCUT2D eigenvalue weighted by atomic mass is 9.95. The molecule has 0 saturated carbocycles. The van der Waals surface area contributed by atoms with Crippen molar-refractivity contribution in [2.24, 2.45) is 4.99 Å². The van der Waals surface area contributed by atoms with Crippen molar-refractivity contribution >= 4 is 52.3 Å². The Labute approximate surface area is 277 Å². The Morgan fingerprint density at radius 1 is 1.15 bits per heavy atom. The van der Waals surface area contributed by atoms with E-state index in [0.29, 0.717) is 42.5 Å². The predicted octanol–water partition coefficient (Wildman–Crippen LogP) is 6.38. The molecule has 4 aromatic rings. The molecular formula is C33H29Cl2N3O7S. The number of halogens is 2. The van der Waals surface area contributed by atoms with E-state index in [0.717, 1.165) is 11.3 Å². The van der Waals surface area contributed by atoms with E-state index in [9.17, 15) is 19.7 Å². The maximum atomic E-state index is 14.2. The van der Waals surface area contributed by atoms with E-state index in [2.05, 4.69) is 4.99 Å². The molecule has 1 aliphatic heterocycles. The van der Waals surface area contributed by atoms with Crippen molar-refractivity contribution in [1.29, 1.82) is 0 Å². The largest absolute Gasteiger partial charge is 0.491 e. The first-order chi connectivity index (χ1) is 22.0. The number of hydrogen-bond donors (Lipinski definition) is 0. The summed E-state index contributed by atoms with van der Waals surface area (Å²) in [5.74, 6) is 0.217. The zero-order chi connectivity index (χ0) is 33.1. The Balaban J connectivity index is 1.64. The van der Waals surface area contributed by atoms with Crippen LogP contribution in [0.3, 0.4) is 0 Å². The molecule has 0 saturated heterocycles. The number of carbonyl (C=O) groups excluding carboxylic acids is 1. The first kappa shape index (κ1) is 32.9. The van der Waals surface area contributed by atoms with Crippen LogP contribution in [0.25, 0.3) is 6.08 Å². The highest BCUT2D eigenvalue weighted by Crippen LogP contribution is 2.37. The molecule has 2 heterocycles. The number of hydrogen-bond acceptors (Lipinski definition) is 9. The van der Waals surface area contributed by atoms with Crippen LogP contribution in [-0.2, 0) is 16.1 Å². The van der Waals surface area contributed by atoms with Gasteiger partial charge in [0.2, 0.25) is 0 Å². The van der Waals surface area contributed by atoms with Gasteiger partial charge in [-0.25, -0.2) is 9.79 Å². The number of fused-ring (bicyclic) bond motifs is 1. The van der Waals surface area contributed by atoms with Gasteiger partial charge < -0.3 is 14.2 Å². The van der Waals surface area contributed by atoms with Crippen LogP contribution in [0.4, 0.5) is 5.69 Å². The number of ether oxygens (including phenoxy) is 3. The fourth-order valence-corrected chi connectivity index (χ4v) is 6.61. The van der Waals surface area contributed by atoms with E-state index in [1.165, 1.54) is 22.8 Å². The lowest BCUT2D eigenvalue weighted by Crippen LogP contribution is -2.40. The molecule has 0 unspecified atom stereocenters. The van der Waals surface area contributed by atoms with Crippen LogP contribution in [-0.4, -0.2) is 28.2 Å². The SMILES string of the molecule is CCOC(=O)C1=C(C)N=c2s/c(=C\c3cc(Cl)cc(Cl)c3OCc3ccc([N+](=O)[O-])cc3)c(=O)n2[C@H]1c1ccccc1OC(C)C. The number of thiazole rings is 1. The van der Waals surface area contributed by atoms with Crippen LogP contribution in [0, 0.1) is 10.1 Å². The minimum atomic E-state index is -0.867. The molecule has 1 aliphatic rings. The molecule has 13 heteroatoms. The van der Waals surface area contributed by atoms with Crippen molar-refractivity contribution in [3.8, 4) is 11.5 Å². The van der Waals surface area contributed by atoms with Crippen LogP contribution in [0.2, 0.25) is 10.0 Å². The molecule has 0 N–H and O–H groups in total. The van der Waals surface area contributed by atoms with Crippen molar-refractivity contribution in [3.05, 3.63) is 128 Å². The molecule has 238 valence electrons. The second kappa shape index (κ2) is 13.9. The summed E-state index contributed by atoms with van der Waals surface area (Å²) in [6.07, 6.45) is 1.45. The predicted molar refractivity (Wildman–Crippen MR) is 176 cm³/mol. The minimum Gasteiger partial charge on any atom is -0.491 e. The monoisotopic (exact) mass is 681 g/mol. The van der Waals surface area contributed by atoms with Gasteiger partial charge in [-0.1, -0.05) is 52.7 Å². The molecule has 0 spiro atoms. The van der Waals surface area contributed by atoms with E-state index in [1.54, 1.807) is 44.2 Å². The zero-order valence-corrected chi connectivity index (χ0v) is 27.6. The molecule has 0 fully saturated rings. The third-order valence-electron chi connectivity index (χ3n) is 6.95. The van der Waals surface area contributed by atoms with E-state index < -0.39 is 22.5 Å². The molecule has 46 heavy (non-hydrogen) atoms. The van der Waals surface area contributed by atoms with Crippen molar-refractivity contribution in [3.63, 3.8) is 0 Å². The quantitative estimate of drug-likeness (QED) is 0.108. The van der Waals surface area contributed by atoms with Crippen LogP contribution < -0.4 is 24.4 Å². The summed E-state index contributed by atoms with van der Waals surface area (Å²) in [7, 11) is 0. The number of nitro benzene ring substituents is 1. The van der Waals surface area contributed by atoms with Crippen molar-refractivity contribution in [2.75, 3.05) is 6.61 Å². The molecule has 1 atom stereocenters. The van der Waals surface area contributed by atoms with E-state index in [1.807, 2.05) is 32.0 Å². The van der Waals surface area contributed by atoms with Gasteiger partial charge in [0.1, 0.15) is 24.1 Å². The summed E-state index contributed by atoms with van der Waals surface area (Å²) in [6.45, 7) is 7.42. The number of aromatic nitrogens is 1. The number of nitro groups is 1. The fourth-order valence-electron chi connectivity index (χ4n) is 5.00. The number of para-hydroxylation sites is 1. The molecule has 0 aliphatic carbocycles. The molecule has 0 radical (unpaired) electrons. The lowest BCUT2D eigenvalue weighted by molar-refractivity contribution is -0.384. The summed E-state index contributed by atoms with van der Waals surface area (Å²) >= 11 is 14.1. The smallest absolute Gasteiger partial charge is 0.338 e. The summed E-state index contributed by atoms with van der Waals surface area (Å²) in [6, 6.07) is 15.5. The number of rotatable bonds is 10. The van der Waals surface area contributed by atoms with Crippen LogP contribution in [0.15, 0.2) is 81.7 Å². The van der Waals surface area contributed by atoms with Gasteiger partial charge in [0.15, 0.2) is 4.80 Å². The highest BCUT2D eigenvalue weighted by Gasteiger charge is 2.35. The number of benzene rings is 3. The first-order valence-corrected chi connectivity index (χ1v) is 15.9. The third-order valence-corrected chi connectivity index (χ3v) is 8.43. The Hall–Kier alpha value is -4.45. The third kappa shape index (κ3) is 6.86. The normalized spacial score (nSPS) is 14.6. The lowest BCUT2D eigenvalue weighted by Gasteiger charge is -2.26. The number of nitrogens with zero attached hydrogens (tertiary/aromatic N) is 3. The molecule has 3 aromatic carbocycles. The standard InChI is InChI=1S/C33H29Cl2N3O7S/c1-5-43-32(40)28-19(4)36-33-37(29(28)24-8-6-7-9-26(24)45-18(2)3)31(39)27(46-33)15-21-14-22(34)16-25(35)30(21)44-17-20-10-12-23(13-11-20)38(41)42/h6-16,18,29H,5,17H2,1-4H3/b27-15-/t29-/m0/s1. The molecule has 0 bridgehead atoms. The Bertz CT molecular complexity index is 2040.